The molecule has 0 aliphatic carbocycles. The van der Waals surface area contributed by atoms with Crippen LogP contribution in [0.25, 0.3) is 10.9 Å². The van der Waals surface area contributed by atoms with Crippen LogP contribution in [-0.4, -0.2) is 4.98 Å². The minimum absolute atomic E-state index is 0.0152. The molecule has 1 aromatic carbocycles. The average molecular weight is 284 g/mol. The third-order valence-electron chi connectivity index (χ3n) is 3.24. The van der Waals surface area contributed by atoms with Crippen molar-refractivity contribution in [3.05, 3.63) is 68.1 Å². The molecule has 0 radical (unpaired) electrons. The quantitative estimate of drug-likeness (QED) is 0.773. The normalized spacial score (nSPS) is 11.1. The lowest BCUT2D eigenvalue weighted by molar-refractivity contribution is 0.696. The molecule has 0 saturated carbocycles. The summed E-state index contributed by atoms with van der Waals surface area (Å²) in [6, 6.07) is 14.0. The van der Waals surface area contributed by atoms with E-state index < -0.39 is 0 Å². The van der Waals surface area contributed by atoms with Crippen LogP contribution >= 0.6 is 11.3 Å². The first-order valence-electron chi connectivity index (χ1n) is 6.59. The number of H-pyrrole nitrogens is 1. The van der Waals surface area contributed by atoms with Crippen LogP contribution in [0.15, 0.2) is 47.3 Å². The maximum Gasteiger partial charge on any atom is 0.252 e. The van der Waals surface area contributed by atoms with Gasteiger partial charge in [-0.3, -0.25) is 4.79 Å². The van der Waals surface area contributed by atoms with Gasteiger partial charge < -0.3 is 10.3 Å². The van der Waals surface area contributed by atoms with E-state index in [1.807, 2.05) is 30.3 Å². The molecule has 0 amide bonds. The SMILES string of the molecule is Cc1ccc(CNCc2cc3ccccc3[nH]c2=O)s1. The first kappa shape index (κ1) is 13.1. The second-order valence-corrected chi connectivity index (χ2v) is 6.20. The van der Waals surface area contributed by atoms with Crippen LogP contribution in [0.3, 0.4) is 0 Å². The molecule has 2 heterocycles. The molecule has 0 spiro atoms. The van der Waals surface area contributed by atoms with Crippen molar-refractivity contribution >= 4 is 22.2 Å². The van der Waals surface area contributed by atoms with Gasteiger partial charge in [0.1, 0.15) is 0 Å². The van der Waals surface area contributed by atoms with Crippen molar-refractivity contribution in [2.75, 3.05) is 0 Å². The van der Waals surface area contributed by atoms with E-state index in [0.717, 1.165) is 23.0 Å². The maximum absolute atomic E-state index is 12.0. The highest BCUT2D eigenvalue weighted by Crippen LogP contribution is 2.15. The Morgan fingerprint density at radius 1 is 1.15 bits per heavy atom. The van der Waals surface area contributed by atoms with Crippen molar-refractivity contribution in [1.29, 1.82) is 0 Å². The van der Waals surface area contributed by atoms with Gasteiger partial charge in [-0.25, -0.2) is 0 Å². The van der Waals surface area contributed by atoms with E-state index >= 15 is 0 Å². The molecule has 102 valence electrons. The summed E-state index contributed by atoms with van der Waals surface area (Å²) in [6.45, 7) is 3.48. The third kappa shape index (κ3) is 2.81. The Balaban J connectivity index is 1.74. The fraction of sp³-hybridized carbons (Fsp3) is 0.188. The fourth-order valence-corrected chi connectivity index (χ4v) is 3.08. The van der Waals surface area contributed by atoms with Gasteiger partial charge >= 0.3 is 0 Å². The van der Waals surface area contributed by atoms with Gasteiger partial charge in [0, 0.05) is 33.9 Å². The molecule has 4 heteroatoms. The van der Waals surface area contributed by atoms with E-state index in [1.54, 1.807) is 11.3 Å². The van der Waals surface area contributed by atoms with Gasteiger partial charge in [-0.05, 0) is 36.6 Å². The van der Waals surface area contributed by atoms with Gasteiger partial charge in [-0.1, -0.05) is 18.2 Å². The number of pyridine rings is 1. The zero-order valence-electron chi connectivity index (χ0n) is 11.3. The average Bonchev–Trinajstić information content (AvgIpc) is 2.85. The largest absolute Gasteiger partial charge is 0.322 e. The number of aromatic amines is 1. The lowest BCUT2D eigenvalue weighted by atomic mass is 10.1. The number of thiophene rings is 1. The van der Waals surface area contributed by atoms with E-state index in [1.165, 1.54) is 9.75 Å². The van der Waals surface area contributed by atoms with Crippen molar-refractivity contribution in [3.63, 3.8) is 0 Å². The van der Waals surface area contributed by atoms with Gasteiger partial charge in [0.25, 0.3) is 5.56 Å². The summed E-state index contributed by atoms with van der Waals surface area (Å²) >= 11 is 1.78. The molecule has 2 aromatic heterocycles. The number of para-hydroxylation sites is 1. The van der Waals surface area contributed by atoms with E-state index in [2.05, 4.69) is 29.4 Å². The van der Waals surface area contributed by atoms with Crippen molar-refractivity contribution in [1.82, 2.24) is 10.3 Å². The van der Waals surface area contributed by atoms with E-state index in [0.29, 0.717) is 6.54 Å². The Morgan fingerprint density at radius 2 is 2.00 bits per heavy atom. The predicted octanol–water partition coefficient (Wildman–Crippen LogP) is 3.19. The highest BCUT2D eigenvalue weighted by atomic mass is 32.1. The Morgan fingerprint density at radius 3 is 2.80 bits per heavy atom. The lowest BCUT2D eigenvalue weighted by Crippen LogP contribution is -2.20. The van der Waals surface area contributed by atoms with Gasteiger partial charge in [-0.15, -0.1) is 11.3 Å². The molecule has 0 unspecified atom stereocenters. The first-order valence-corrected chi connectivity index (χ1v) is 7.41. The van der Waals surface area contributed by atoms with Crippen LogP contribution in [-0.2, 0) is 13.1 Å². The summed E-state index contributed by atoms with van der Waals surface area (Å²) < 4.78 is 0. The molecule has 0 bridgehead atoms. The molecule has 3 aromatic rings. The monoisotopic (exact) mass is 284 g/mol. The number of aromatic nitrogens is 1. The molecule has 20 heavy (non-hydrogen) atoms. The highest BCUT2D eigenvalue weighted by molar-refractivity contribution is 7.11. The molecule has 0 atom stereocenters. The molecule has 0 aliphatic heterocycles. The van der Waals surface area contributed by atoms with Gasteiger partial charge in [0.15, 0.2) is 0 Å². The zero-order valence-corrected chi connectivity index (χ0v) is 12.1. The summed E-state index contributed by atoms with van der Waals surface area (Å²) in [5.74, 6) is 0. The van der Waals surface area contributed by atoms with Crippen LogP contribution in [0.2, 0.25) is 0 Å². The van der Waals surface area contributed by atoms with Crippen molar-refractivity contribution in [2.24, 2.45) is 0 Å². The summed E-state index contributed by atoms with van der Waals surface area (Å²) in [5, 5.41) is 4.39. The maximum atomic E-state index is 12.0. The van der Waals surface area contributed by atoms with Crippen LogP contribution in [0.5, 0.6) is 0 Å². The van der Waals surface area contributed by atoms with Crippen molar-refractivity contribution < 1.29 is 0 Å². The van der Waals surface area contributed by atoms with Crippen LogP contribution < -0.4 is 10.9 Å². The summed E-state index contributed by atoms with van der Waals surface area (Å²) in [4.78, 5) is 17.5. The van der Waals surface area contributed by atoms with Gasteiger partial charge in [0.05, 0.1) is 0 Å². The van der Waals surface area contributed by atoms with Crippen LogP contribution in [0.4, 0.5) is 0 Å². The Hall–Kier alpha value is -1.91. The number of hydrogen-bond donors (Lipinski definition) is 2. The molecule has 2 N–H and O–H groups in total. The van der Waals surface area contributed by atoms with Crippen molar-refractivity contribution in [3.8, 4) is 0 Å². The third-order valence-corrected chi connectivity index (χ3v) is 4.24. The van der Waals surface area contributed by atoms with Crippen LogP contribution in [0, 0.1) is 6.92 Å². The smallest absolute Gasteiger partial charge is 0.252 e. The Bertz CT molecular complexity index is 788. The standard InChI is InChI=1S/C16H16N2OS/c1-11-6-7-14(20-11)10-17-9-13-8-12-4-2-3-5-15(12)18-16(13)19/h2-8,17H,9-10H2,1H3,(H,18,19). The number of fused-ring (bicyclic) bond motifs is 1. The molecule has 3 rings (SSSR count). The fourth-order valence-electron chi connectivity index (χ4n) is 2.22. The van der Waals surface area contributed by atoms with E-state index in [4.69, 9.17) is 0 Å². The topological polar surface area (TPSA) is 44.9 Å². The molecular formula is C16H16N2OS. The minimum atomic E-state index is -0.0152. The lowest BCUT2D eigenvalue weighted by Gasteiger charge is -2.04. The molecule has 0 saturated heterocycles. The molecule has 0 aliphatic rings. The minimum Gasteiger partial charge on any atom is -0.322 e. The second kappa shape index (κ2) is 5.61. The number of nitrogens with one attached hydrogen (secondary N) is 2. The number of benzene rings is 1. The Labute approximate surface area is 121 Å². The van der Waals surface area contributed by atoms with Gasteiger partial charge in [0.2, 0.25) is 0 Å². The molecule has 0 fully saturated rings. The van der Waals surface area contributed by atoms with Crippen molar-refractivity contribution in [2.45, 2.75) is 20.0 Å². The second-order valence-electron chi connectivity index (χ2n) is 4.83. The summed E-state index contributed by atoms with van der Waals surface area (Å²) in [5.41, 5.74) is 1.64. The molecular weight excluding hydrogens is 268 g/mol. The summed E-state index contributed by atoms with van der Waals surface area (Å²) in [6.07, 6.45) is 0. The first-order chi connectivity index (χ1) is 9.72. The van der Waals surface area contributed by atoms with Gasteiger partial charge in [-0.2, -0.15) is 0 Å². The predicted molar refractivity (Wildman–Crippen MR) is 84.2 cm³/mol. The van der Waals surface area contributed by atoms with E-state index in [9.17, 15) is 4.79 Å². The highest BCUT2D eigenvalue weighted by Gasteiger charge is 2.03. The Kier molecular flexibility index (Phi) is 3.67. The number of aryl methyl sites for hydroxylation is 1. The van der Waals surface area contributed by atoms with Crippen LogP contribution in [0.1, 0.15) is 15.3 Å². The molecule has 3 nitrogen and oxygen atoms in total. The zero-order chi connectivity index (χ0) is 13.9. The van der Waals surface area contributed by atoms with E-state index in [-0.39, 0.29) is 5.56 Å². The number of hydrogen-bond acceptors (Lipinski definition) is 3. The number of rotatable bonds is 4. The summed E-state index contributed by atoms with van der Waals surface area (Å²) in [7, 11) is 0.